The van der Waals surface area contributed by atoms with E-state index in [0.717, 1.165) is 29.3 Å². The number of rotatable bonds is 8. The van der Waals surface area contributed by atoms with Gasteiger partial charge in [0.05, 0.1) is 5.69 Å². The lowest BCUT2D eigenvalue weighted by Gasteiger charge is -2.04. The molecule has 2 aromatic rings. The molecule has 1 N–H and O–H groups in total. The molecule has 0 atom stereocenters. The van der Waals surface area contributed by atoms with Gasteiger partial charge in [-0.2, -0.15) is 0 Å². The van der Waals surface area contributed by atoms with Gasteiger partial charge in [0.15, 0.2) is 0 Å². The van der Waals surface area contributed by atoms with Crippen LogP contribution in [0.25, 0.3) is 17.3 Å². The van der Waals surface area contributed by atoms with E-state index in [9.17, 15) is 4.79 Å². The minimum Gasteiger partial charge on any atom is -0.478 e. The Morgan fingerprint density at radius 1 is 1.09 bits per heavy atom. The molecule has 3 heteroatoms. The molecule has 0 bridgehead atoms. The zero-order valence-corrected chi connectivity index (χ0v) is 13.5. The van der Waals surface area contributed by atoms with Gasteiger partial charge in [-0.15, -0.1) is 0 Å². The molecule has 0 amide bonds. The molecule has 120 valence electrons. The Bertz CT molecular complexity index is 642. The van der Waals surface area contributed by atoms with Crippen molar-refractivity contribution in [2.45, 2.75) is 39.0 Å². The Morgan fingerprint density at radius 3 is 2.48 bits per heavy atom. The van der Waals surface area contributed by atoms with Gasteiger partial charge in [-0.3, -0.25) is 4.98 Å². The number of carboxylic acids is 1. The minimum absolute atomic E-state index is 0.865. The Labute approximate surface area is 137 Å². The SMILES string of the molecule is CCCCCCc1ccc(-c2ccc(/C=C/C(=O)O)cc2)nc1. The summed E-state index contributed by atoms with van der Waals surface area (Å²) in [7, 11) is 0. The molecular formula is C20H23NO2. The third kappa shape index (κ3) is 5.70. The van der Waals surface area contributed by atoms with E-state index in [1.165, 1.54) is 31.2 Å². The summed E-state index contributed by atoms with van der Waals surface area (Å²) in [5.74, 6) is -0.940. The van der Waals surface area contributed by atoms with Crippen LogP contribution >= 0.6 is 0 Å². The molecule has 1 heterocycles. The first-order valence-corrected chi connectivity index (χ1v) is 8.15. The van der Waals surface area contributed by atoms with Crippen molar-refractivity contribution in [1.29, 1.82) is 0 Å². The Balaban J connectivity index is 1.97. The van der Waals surface area contributed by atoms with Crippen LogP contribution in [0.2, 0.25) is 0 Å². The number of benzene rings is 1. The first kappa shape index (κ1) is 16.9. The quantitative estimate of drug-likeness (QED) is 0.553. The third-order valence-electron chi connectivity index (χ3n) is 3.77. The topological polar surface area (TPSA) is 50.2 Å². The lowest BCUT2D eigenvalue weighted by molar-refractivity contribution is -0.131. The molecule has 0 saturated carbocycles. The van der Waals surface area contributed by atoms with E-state index in [1.54, 1.807) is 6.08 Å². The number of hydrogen-bond acceptors (Lipinski definition) is 2. The van der Waals surface area contributed by atoms with Gasteiger partial charge in [0.1, 0.15) is 0 Å². The van der Waals surface area contributed by atoms with E-state index in [2.05, 4.69) is 24.0 Å². The van der Waals surface area contributed by atoms with Crippen LogP contribution in [0, 0.1) is 0 Å². The van der Waals surface area contributed by atoms with Gasteiger partial charge < -0.3 is 5.11 Å². The van der Waals surface area contributed by atoms with Crippen LogP contribution in [0.1, 0.15) is 43.7 Å². The highest BCUT2D eigenvalue weighted by Gasteiger charge is 2.00. The number of carbonyl (C=O) groups is 1. The van der Waals surface area contributed by atoms with E-state index in [1.807, 2.05) is 30.5 Å². The van der Waals surface area contributed by atoms with Crippen LogP contribution in [-0.4, -0.2) is 16.1 Å². The van der Waals surface area contributed by atoms with Crippen molar-refractivity contribution < 1.29 is 9.90 Å². The largest absolute Gasteiger partial charge is 0.478 e. The standard InChI is InChI=1S/C20H23NO2/c1-2-3-4-5-6-17-9-13-19(21-15-17)18-11-7-16(8-12-18)10-14-20(22)23/h7-15H,2-6H2,1H3,(H,22,23)/b14-10+. The van der Waals surface area contributed by atoms with Crippen molar-refractivity contribution in [2.75, 3.05) is 0 Å². The second kappa shape index (κ2) is 8.89. The number of aromatic nitrogens is 1. The summed E-state index contributed by atoms with van der Waals surface area (Å²) in [6, 6.07) is 11.9. The summed E-state index contributed by atoms with van der Waals surface area (Å²) in [6.45, 7) is 2.22. The fourth-order valence-electron chi connectivity index (χ4n) is 2.43. The van der Waals surface area contributed by atoms with Crippen molar-refractivity contribution in [3.05, 3.63) is 59.8 Å². The van der Waals surface area contributed by atoms with Crippen LogP contribution in [-0.2, 0) is 11.2 Å². The number of aliphatic carboxylic acids is 1. The molecule has 1 aromatic heterocycles. The Morgan fingerprint density at radius 2 is 1.87 bits per heavy atom. The molecule has 3 nitrogen and oxygen atoms in total. The van der Waals surface area contributed by atoms with E-state index >= 15 is 0 Å². The molecule has 0 aliphatic rings. The van der Waals surface area contributed by atoms with Gasteiger partial charge in [-0.05, 0) is 36.1 Å². The molecular weight excluding hydrogens is 286 g/mol. The number of carboxylic acid groups (broad SMARTS) is 1. The van der Waals surface area contributed by atoms with Crippen molar-refractivity contribution in [3.63, 3.8) is 0 Å². The monoisotopic (exact) mass is 309 g/mol. The van der Waals surface area contributed by atoms with E-state index in [-0.39, 0.29) is 0 Å². The molecule has 0 saturated heterocycles. The van der Waals surface area contributed by atoms with Crippen LogP contribution in [0.5, 0.6) is 0 Å². The maximum Gasteiger partial charge on any atom is 0.328 e. The van der Waals surface area contributed by atoms with Crippen LogP contribution in [0.4, 0.5) is 0 Å². The van der Waals surface area contributed by atoms with Crippen LogP contribution < -0.4 is 0 Å². The molecule has 0 spiro atoms. The maximum atomic E-state index is 10.5. The minimum atomic E-state index is -0.940. The van der Waals surface area contributed by atoms with E-state index in [4.69, 9.17) is 5.11 Å². The van der Waals surface area contributed by atoms with Crippen molar-refractivity contribution >= 4 is 12.0 Å². The summed E-state index contributed by atoms with van der Waals surface area (Å²) in [5, 5.41) is 8.63. The summed E-state index contributed by atoms with van der Waals surface area (Å²) in [4.78, 5) is 15.0. The molecule has 0 radical (unpaired) electrons. The second-order valence-corrected chi connectivity index (χ2v) is 5.66. The van der Waals surface area contributed by atoms with Gasteiger partial charge in [-0.1, -0.05) is 56.5 Å². The zero-order valence-electron chi connectivity index (χ0n) is 13.5. The number of aryl methyl sites for hydroxylation is 1. The number of unbranched alkanes of at least 4 members (excludes halogenated alkanes) is 3. The van der Waals surface area contributed by atoms with Crippen LogP contribution in [0.15, 0.2) is 48.7 Å². The van der Waals surface area contributed by atoms with Gasteiger partial charge in [0, 0.05) is 17.8 Å². The van der Waals surface area contributed by atoms with Crippen LogP contribution in [0.3, 0.4) is 0 Å². The summed E-state index contributed by atoms with van der Waals surface area (Å²) < 4.78 is 0. The first-order valence-electron chi connectivity index (χ1n) is 8.15. The Kier molecular flexibility index (Phi) is 6.55. The number of pyridine rings is 1. The molecule has 1 aromatic carbocycles. The third-order valence-corrected chi connectivity index (χ3v) is 3.77. The predicted octanol–water partition coefficient (Wildman–Crippen LogP) is 4.97. The summed E-state index contributed by atoms with van der Waals surface area (Å²) >= 11 is 0. The number of nitrogens with zero attached hydrogens (tertiary/aromatic N) is 1. The molecule has 23 heavy (non-hydrogen) atoms. The predicted molar refractivity (Wildman–Crippen MR) is 94.2 cm³/mol. The lowest BCUT2D eigenvalue weighted by atomic mass is 10.1. The maximum absolute atomic E-state index is 10.5. The molecule has 0 aliphatic carbocycles. The lowest BCUT2D eigenvalue weighted by Crippen LogP contribution is -1.90. The number of hydrogen-bond donors (Lipinski definition) is 1. The molecule has 0 aliphatic heterocycles. The van der Waals surface area contributed by atoms with E-state index in [0.29, 0.717) is 0 Å². The van der Waals surface area contributed by atoms with Gasteiger partial charge >= 0.3 is 5.97 Å². The van der Waals surface area contributed by atoms with E-state index < -0.39 is 5.97 Å². The summed E-state index contributed by atoms with van der Waals surface area (Å²) in [6.07, 6.45) is 10.8. The Hall–Kier alpha value is -2.42. The van der Waals surface area contributed by atoms with Crippen molar-refractivity contribution in [2.24, 2.45) is 0 Å². The zero-order chi connectivity index (χ0) is 16.5. The van der Waals surface area contributed by atoms with Crippen molar-refractivity contribution in [1.82, 2.24) is 4.98 Å². The highest BCUT2D eigenvalue weighted by molar-refractivity contribution is 5.85. The molecule has 2 rings (SSSR count). The normalized spacial score (nSPS) is 11.0. The molecule has 0 unspecified atom stereocenters. The average molecular weight is 309 g/mol. The summed E-state index contributed by atoms with van der Waals surface area (Å²) in [5.41, 5.74) is 4.13. The smallest absolute Gasteiger partial charge is 0.328 e. The van der Waals surface area contributed by atoms with Crippen molar-refractivity contribution in [3.8, 4) is 11.3 Å². The fourth-order valence-corrected chi connectivity index (χ4v) is 2.43. The fraction of sp³-hybridized carbons (Fsp3) is 0.300. The average Bonchev–Trinajstić information content (AvgIpc) is 2.58. The first-order chi connectivity index (χ1) is 11.2. The van der Waals surface area contributed by atoms with Gasteiger partial charge in [0.25, 0.3) is 0 Å². The molecule has 0 fully saturated rings. The highest BCUT2D eigenvalue weighted by Crippen LogP contribution is 2.19. The van der Waals surface area contributed by atoms with Gasteiger partial charge in [-0.25, -0.2) is 4.79 Å². The van der Waals surface area contributed by atoms with Gasteiger partial charge in [0.2, 0.25) is 0 Å². The highest BCUT2D eigenvalue weighted by atomic mass is 16.4. The second-order valence-electron chi connectivity index (χ2n) is 5.66.